The summed E-state index contributed by atoms with van der Waals surface area (Å²) in [6, 6.07) is 9.18. The van der Waals surface area contributed by atoms with Gasteiger partial charge in [-0.1, -0.05) is 19.1 Å². The van der Waals surface area contributed by atoms with Crippen LogP contribution in [0.5, 0.6) is 5.75 Å². The molecule has 2 unspecified atom stereocenters. The second-order valence-corrected chi connectivity index (χ2v) is 6.38. The molecule has 2 nitrogen and oxygen atoms in total. The van der Waals surface area contributed by atoms with Crippen LogP contribution in [0.25, 0.3) is 0 Å². The Kier molecular flexibility index (Phi) is 6.05. The number of hydrogen-bond acceptors (Lipinski definition) is 3. The van der Waals surface area contributed by atoms with Crippen molar-refractivity contribution in [2.24, 2.45) is 0 Å². The van der Waals surface area contributed by atoms with Gasteiger partial charge in [0.15, 0.2) is 0 Å². The lowest BCUT2D eigenvalue weighted by atomic mass is 10.2. The zero-order valence-corrected chi connectivity index (χ0v) is 12.8. The summed E-state index contributed by atoms with van der Waals surface area (Å²) >= 11 is 2.01. The van der Waals surface area contributed by atoms with E-state index in [2.05, 4.69) is 42.8 Å². The van der Waals surface area contributed by atoms with Gasteiger partial charge in [-0.3, -0.25) is 0 Å². The minimum absolute atomic E-state index is 0.702. The van der Waals surface area contributed by atoms with Gasteiger partial charge in [0.05, 0.1) is 6.61 Å². The molecule has 1 aliphatic carbocycles. The molecule has 0 bridgehead atoms. The maximum Gasteiger partial charge on any atom is 0.119 e. The van der Waals surface area contributed by atoms with E-state index in [0.29, 0.717) is 6.04 Å². The summed E-state index contributed by atoms with van der Waals surface area (Å²) in [5.74, 6) is 0.980. The van der Waals surface area contributed by atoms with Crippen LogP contribution in [-0.2, 0) is 6.54 Å². The Hall–Kier alpha value is -0.670. The molecule has 2 atom stereocenters. The first-order valence-corrected chi connectivity index (χ1v) is 8.58. The van der Waals surface area contributed by atoms with Gasteiger partial charge >= 0.3 is 0 Å². The Morgan fingerprint density at radius 2 is 2.05 bits per heavy atom. The van der Waals surface area contributed by atoms with E-state index >= 15 is 0 Å². The van der Waals surface area contributed by atoms with Crippen molar-refractivity contribution in [3.05, 3.63) is 29.8 Å². The predicted octanol–water partition coefficient (Wildman–Crippen LogP) is 3.85. The van der Waals surface area contributed by atoms with Crippen molar-refractivity contribution in [2.75, 3.05) is 12.9 Å². The molecule has 106 valence electrons. The molecule has 1 fully saturated rings. The fourth-order valence-corrected chi connectivity index (χ4v) is 3.32. The molecule has 1 saturated carbocycles. The summed E-state index contributed by atoms with van der Waals surface area (Å²) in [6.45, 7) is 3.90. The average Bonchev–Trinajstić information content (AvgIpc) is 2.92. The summed E-state index contributed by atoms with van der Waals surface area (Å²) in [5.41, 5.74) is 1.34. The Balaban J connectivity index is 1.74. The number of nitrogens with one attached hydrogen (secondary N) is 1. The van der Waals surface area contributed by atoms with Gasteiger partial charge in [-0.25, -0.2) is 0 Å². The minimum atomic E-state index is 0.702. The molecule has 0 heterocycles. The molecule has 3 heteroatoms. The van der Waals surface area contributed by atoms with Gasteiger partial charge in [-0.05, 0) is 49.6 Å². The summed E-state index contributed by atoms with van der Waals surface area (Å²) in [7, 11) is 0. The van der Waals surface area contributed by atoms with Crippen molar-refractivity contribution in [3.63, 3.8) is 0 Å². The van der Waals surface area contributed by atoms with E-state index in [-0.39, 0.29) is 0 Å². The van der Waals surface area contributed by atoms with Gasteiger partial charge in [0.1, 0.15) is 5.75 Å². The summed E-state index contributed by atoms with van der Waals surface area (Å²) in [4.78, 5) is 0. The molecule has 0 radical (unpaired) electrons. The van der Waals surface area contributed by atoms with Crippen molar-refractivity contribution in [1.29, 1.82) is 0 Å². The first-order valence-electron chi connectivity index (χ1n) is 7.29. The lowest BCUT2D eigenvalue weighted by molar-refractivity contribution is 0.317. The van der Waals surface area contributed by atoms with Gasteiger partial charge < -0.3 is 10.1 Å². The molecule has 0 amide bonds. The van der Waals surface area contributed by atoms with Gasteiger partial charge in [-0.15, -0.1) is 0 Å². The average molecular weight is 279 g/mol. The number of ether oxygens (including phenoxy) is 1. The highest BCUT2D eigenvalue weighted by molar-refractivity contribution is 7.99. The predicted molar refractivity (Wildman–Crippen MR) is 84.0 cm³/mol. The molecule has 0 saturated heterocycles. The summed E-state index contributed by atoms with van der Waals surface area (Å²) in [5, 5.41) is 4.53. The monoisotopic (exact) mass is 279 g/mol. The third-order valence-corrected chi connectivity index (χ3v) is 4.80. The van der Waals surface area contributed by atoms with E-state index in [1.54, 1.807) is 0 Å². The van der Waals surface area contributed by atoms with E-state index in [4.69, 9.17) is 4.74 Å². The SMILES string of the molecule is CCCOc1ccc(CNC2CCC(SC)C2)cc1. The van der Waals surface area contributed by atoms with Crippen molar-refractivity contribution in [3.8, 4) is 5.75 Å². The third kappa shape index (κ3) is 4.73. The molecule has 1 aromatic rings. The molecule has 0 aliphatic heterocycles. The highest BCUT2D eigenvalue weighted by Crippen LogP contribution is 2.28. The smallest absolute Gasteiger partial charge is 0.119 e. The van der Waals surface area contributed by atoms with E-state index in [9.17, 15) is 0 Å². The van der Waals surface area contributed by atoms with Crippen molar-refractivity contribution < 1.29 is 4.74 Å². The topological polar surface area (TPSA) is 21.3 Å². The second-order valence-electron chi connectivity index (χ2n) is 5.24. The standard InChI is InChI=1S/C16H25NOS/c1-3-10-18-15-7-4-13(5-8-15)12-17-14-6-9-16(11-14)19-2/h4-5,7-8,14,16-17H,3,6,9-12H2,1-2H3. The van der Waals surface area contributed by atoms with Crippen LogP contribution < -0.4 is 10.1 Å². The first kappa shape index (κ1) is 14.7. The Bertz CT molecular complexity index is 366. The Morgan fingerprint density at radius 1 is 1.26 bits per heavy atom. The first-order chi connectivity index (χ1) is 9.31. The highest BCUT2D eigenvalue weighted by Gasteiger charge is 2.23. The lowest BCUT2D eigenvalue weighted by Crippen LogP contribution is -2.26. The van der Waals surface area contributed by atoms with E-state index < -0.39 is 0 Å². The maximum absolute atomic E-state index is 5.59. The van der Waals surface area contributed by atoms with Gasteiger partial charge in [0, 0.05) is 17.8 Å². The zero-order valence-electron chi connectivity index (χ0n) is 12.0. The van der Waals surface area contributed by atoms with Gasteiger partial charge in [-0.2, -0.15) is 11.8 Å². The number of hydrogen-bond donors (Lipinski definition) is 1. The van der Waals surface area contributed by atoms with Crippen molar-refractivity contribution >= 4 is 11.8 Å². The molecule has 1 N–H and O–H groups in total. The second kappa shape index (κ2) is 7.81. The lowest BCUT2D eigenvalue weighted by Gasteiger charge is -2.13. The Morgan fingerprint density at radius 3 is 2.68 bits per heavy atom. The van der Waals surface area contributed by atoms with Crippen LogP contribution in [0.3, 0.4) is 0 Å². The molecule has 0 aromatic heterocycles. The Labute approximate surface area is 121 Å². The molecule has 19 heavy (non-hydrogen) atoms. The molecule has 0 spiro atoms. The van der Waals surface area contributed by atoms with Crippen LogP contribution in [0.4, 0.5) is 0 Å². The fraction of sp³-hybridized carbons (Fsp3) is 0.625. The van der Waals surface area contributed by atoms with Crippen molar-refractivity contribution in [1.82, 2.24) is 5.32 Å². The van der Waals surface area contributed by atoms with Crippen LogP contribution in [-0.4, -0.2) is 24.2 Å². The zero-order chi connectivity index (χ0) is 13.5. The van der Waals surface area contributed by atoms with Crippen LogP contribution in [0.15, 0.2) is 24.3 Å². The van der Waals surface area contributed by atoms with E-state index in [0.717, 1.165) is 30.6 Å². The fourth-order valence-electron chi connectivity index (χ4n) is 2.53. The van der Waals surface area contributed by atoms with Crippen LogP contribution >= 0.6 is 11.8 Å². The molecule has 1 aromatic carbocycles. The molecule has 1 aliphatic rings. The highest BCUT2D eigenvalue weighted by atomic mass is 32.2. The number of benzene rings is 1. The molecular weight excluding hydrogens is 254 g/mol. The molecular formula is C16H25NOS. The minimum Gasteiger partial charge on any atom is -0.494 e. The quantitative estimate of drug-likeness (QED) is 0.819. The van der Waals surface area contributed by atoms with E-state index in [1.807, 2.05) is 11.8 Å². The van der Waals surface area contributed by atoms with Gasteiger partial charge in [0.2, 0.25) is 0 Å². The van der Waals surface area contributed by atoms with Crippen LogP contribution in [0.1, 0.15) is 38.2 Å². The van der Waals surface area contributed by atoms with Gasteiger partial charge in [0.25, 0.3) is 0 Å². The number of thioether (sulfide) groups is 1. The number of rotatable bonds is 7. The maximum atomic E-state index is 5.59. The normalized spacial score (nSPS) is 22.6. The molecule has 2 rings (SSSR count). The van der Waals surface area contributed by atoms with E-state index in [1.165, 1.54) is 24.8 Å². The largest absolute Gasteiger partial charge is 0.494 e. The van der Waals surface area contributed by atoms with Crippen LogP contribution in [0, 0.1) is 0 Å². The summed E-state index contributed by atoms with van der Waals surface area (Å²) < 4.78 is 5.59. The summed E-state index contributed by atoms with van der Waals surface area (Å²) in [6.07, 6.45) is 7.29. The van der Waals surface area contributed by atoms with Crippen molar-refractivity contribution in [2.45, 2.75) is 50.4 Å². The third-order valence-electron chi connectivity index (χ3n) is 3.71. The van der Waals surface area contributed by atoms with Crippen LogP contribution in [0.2, 0.25) is 0 Å².